The number of halogens is 1. The van der Waals surface area contributed by atoms with Crippen molar-refractivity contribution in [3.8, 4) is 5.88 Å². The van der Waals surface area contributed by atoms with Crippen molar-refractivity contribution in [2.45, 2.75) is 19.8 Å². The first-order valence-corrected chi connectivity index (χ1v) is 5.38. The first kappa shape index (κ1) is 10.5. The number of hydrogen-bond acceptors (Lipinski definition) is 2. The first-order chi connectivity index (χ1) is 6.17. The second-order valence-electron chi connectivity index (χ2n) is 3.14. The summed E-state index contributed by atoms with van der Waals surface area (Å²) in [6.07, 6.45) is 0. The third-order valence-electron chi connectivity index (χ3n) is 1.96. The smallest absolute Gasteiger partial charge is 0.213 e. The normalized spacial score (nSPS) is 12.6. The fourth-order valence-electron chi connectivity index (χ4n) is 1.14. The molecule has 1 atom stereocenters. The molecule has 72 valence electrons. The van der Waals surface area contributed by atoms with E-state index in [1.54, 1.807) is 7.11 Å². The van der Waals surface area contributed by atoms with Gasteiger partial charge in [0.15, 0.2) is 0 Å². The molecule has 0 bridgehead atoms. The largest absolute Gasteiger partial charge is 0.481 e. The van der Waals surface area contributed by atoms with Gasteiger partial charge in [-0.25, -0.2) is 4.98 Å². The van der Waals surface area contributed by atoms with Crippen molar-refractivity contribution in [3.63, 3.8) is 0 Å². The number of aryl methyl sites for hydroxylation is 1. The Morgan fingerprint density at radius 1 is 1.54 bits per heavy atom. The maximum atomic E-state index is 5.10. The lowest BCUT2D eigenvalue weighted by Gasteiger charge is -2.10. The maximum absolute atomic E-state index is 5.10. The van der Waals surface area contributed by atoms with E-state index in [1.165, 1.54) is 5.56 Å². The summed E-state index contributed by atoms with van der Waals surface area (Å²) < 4.78 is 5.10. The lowest BCUT2D eigenvalue weighted by atomic mass is 10.0. The van der Waals surface area contributed by atoms with Gasteiger partial charge in [0.05, 0.1) is 7.11 Å². The number of nitrogens with zero attached hydrogens (tertiary/aromatic N) is 1. The zero-order valence-electron chi connectivity index (χ0n) is 8.17. The molecule has 1 unspecified atom stereocenters. The van der Waals surface area contributed by atoms with Crippen LogP contribution in [0.25, 0.3) is 0 Å². The van der Waals surface area contributed by atoms with E-state index >= 15 is 0 Å². The van der Waals surface area contributed by atoms with Crippen molar-refractivity contribution in [2.24, 2.45) is 0 Å². The van der Waals surface area contributed by atoms with Gasteiger partial charge in [0.25, 0.3) is 0 Å². The van der Waals surface area contributed by atoms with Crippen molar-refractivity contribution in [1.29, 1.82) is 0 Å². The van der Waals surface area contributed by atoms with E-state index in [-0.39, 0.29) is 0 Å². The molecule has 1 rings (SSSR count). The Morgan fingerprint density at radius 3 is 2.77 bits per heavy atom. The predicted octanol–water partition coefficient (Wildman–Crippen LogP) is 2.90. The van der Waals surface area contributed by atoms with Crippen molar-refractivity contribution >= 4 is 15.9 Å². The Hall–Kier alpha value is -0.570. The molecule has 0 aliphatic heterocycles. The Bertz CT molecular complexity index is 288. The summed E-state index contributed by atoms with van der Waals surface area (Å²) in [7, 11) is 1.64. The monoisotopic (exact) mass is 243 g/mol. The molecule has 1 aromatic rings. The van der Waals surface area contributed by atoms with E-state index in [1.807, 2.05) is 13.0 Å². The van der Waals surface area contributed by atoms with Gasteiger partial charge in [0, 0.05) is 17.1 Å². The predicted molar refractivity (Wildman–Crippen MR) is 57.7 cm³/mol. The molecular weight excluding hydrogens is 230 g/mol. The molecule has 0 N–H and O–H groups in total. The van der Waals surface area contributed by atoms with E-state index in [4.69, 9.17) is 4.74 Å². The molecule has 2 nitrogen and oxygen atoms in total. The van der Waals surface area contributed by atoms with Crippen LogP contribution < -0.4 is 4.74 Å². The molecule has 0 aliphatic carbocycles. The SMILES string of the molecule is COc1cc(C(C)CBr)cc(C)n1. The zero-order valence-corrected chi connectivity index (χ0v) is 9.76. The zero-order chi connectivity index (χ0) is 9.84. The first-order valence-electron chi connectivity index (χ1n) is 4.26. The van der Waals surface area contributed by atoms with Crippen LogP contribution in [-0.2, 0) is 0 Å². The lowest BCUT2D eigenvalue weighted by Crippen LogP contribution is -1.98. The van der Waals surface area contributed by atoms with Crippen LogP contribution in [0.3, 0.4) is 0 Å². The standard InChI is InChI=1S/C10H14BrNO/c1-7(6-11)9-4-8(2)12-10(5-9)13-3/h4-5,7H,6H2,1-3H3. The quantitative estimate of drug-likeness (QED) is 0.762. The van der Waals surface area contributed by atoms with Crippen LogP contribution in [0.2, 0.25) is 0 Å². The van der Waals surface area contributed by atoms with Gasteiger partial charge in [-0.3, -0.25) is 0 Å². The minimum absolute atomic E-state index is 0.496. The molecule has 1 aromatic heterocycles. The van der Waals surface area contributed by atoms with E-state index in [0.717, 1.165) is 11.0 Å². The average molecular weight is 244 g/mol. The molecule has 0 aliphatic rings. The average Bonchev–Trinajstić information content (AvgIpc) is 2.15. The van der Waals surface area contributed by atoms with Gasteiger partial charge < -0.3 is 4.74 Å². The highest BCUT2D eigenvalue weighted by atomic mass is 79.9. The third kappa shape index (κ3) is 2.69. The Balaban J connectivity index is 3.01. The molecular formula is C10H14BrNO. The topological polar surface area (TPSA) is 22.1 Å². The van der Waals surface area contributed by atoms with Crippen molar-refractivity contribution in [3.05, 3.63) is 23.4 Å². The van der Waals surface area contributed by atoms with Crippen molar-refractivity contribution < 1.29 is 4.74 Å². The molecule has 0 fully saturated rings. The van der Waals surface area contributed by atoms with Crippen LogP contribution in [-0.4, -0.2) is 17.4 Å². The summed E-state index contributed by atoms with van der Waals surface area (Å²) in [6.45, 7) is 4.15. The number of alkyl halides is 1. The van der Waals surface area contributed by atoms with Gasteiger partial charge in [-0.05, 0) is 24.5 Å². The Labute approximate surface area is 87.5 Å². The molecule has 1 heterocycles. The van der Waals surface area contributed by atoms with Gasteiger partial charge >= 0.3 is 0 Å². The summed E-state index contributed by atoms with van der Waals surface area (Å²) in [5.41, 5.74) is 2.27. The van der Waals surface area contributed by atoms with Crippen molar-refractivity contribution in [1.82, 2.24) is 4.98 Å². The van der Waals surface area contributed by atoms with Crippen LogP contribution in [0.15, 0.2) is 12.1 Å². The highest BCUT2D eigenvalue weighted by Gasteiger charge is 2.06. The summed E-state index contributed by atoms with van der Waals surface area (Å²) in [4.78, 5) is 4.23. The van der Waals surface area contributed by atoms with Crippen LogP contribution in [0.5, 0.6) is 5.88 Å². The summed E-state index contributed by atoms with van der Waals surface area (Å²) in [5.74, 6) is 1.19. The van der Waals surface area contributed by atoms with Gasteiger partial charge in [-0.1, -0.05) is 22.9 Å². The van der Waals surface area contributed by atoms with Gasteiger partial charge in [0.2, 0.25) is 5.88 Å². The molecule has 0 amide bonds. The lowest BCUT2D eigenvalue weighted by molar-refractivity contribution is 0.396. The van der Waals surface area contributed by atoms with Crippen molar-refractivity contribution in [2.75, 3.05) is 12.4 Å². The van der Waals surface area contributed by atoms with Crippen LogP contribution in [0.4, 0.5) is 0 Å². The summed E-state index contributed by atoms with van der Waals surface area (Å²) in [5, 5.41) is 0.958. The number of aromatic nitrogens is 1. The minimum atomic E-state index is 0.496. The number of ether oxygens (including phenoxy) is 1. The molecule has 3 heteroatoms. The number of methoxy groups -OCH3 is 1. The molecule has 0 saturated heterocycles. The van der Waals surface area contributed by atoms with E-state index in [9.17, 15) is 0 Å². The fourth-order valence-corrected chi connectivity index (χ4v) is 1.52. The fraction of sp³-hybridized carbons (Fsp3) is 0.500. The van der Waals surface area contributed by atoms with Crippen LogP contribution in [0.1, 0.15) is 24.1 Å². The highest BCUT2D eigenvalue weighted by Crippen LogP contribution is 2.21. The summed E-state index contributed by atoms with van der Waals surface area (Å²) in [6, 6.07) is 4.08. The highest BCUT2D eigenvalue weighted by molar-refractivity contribution is 9.09. The van der Waals surface area contributed by atoms with Gasteiger partial charge in [-0.15, -0.1) is 0 Å². The molecule has 13 heavy (non-hydrogen) atoms. The van der Waals surface area contributed by atoms with E-state index in [2.05, 4.69) is 33.9 Å². The molecule has 0 saturated carbocycles. The number of rotatable bonds is 3. The van der Waals surface area contributed by atoms with E-state index < -0.39 is 0 Å². The van der Waals surface area contributed by atoms with Crippen LogP contribution in [0, 0.1) is 6.92 Å². The Kier molecular flexibility index (Phi) is 3.72. The Morgan fingerprint density at radius 2 is 2.23 bits per heavy atom. The third-order valence-corrected chi connectivity index (χ3v) is 2.93. The molecule has 0 radical (unpaired) electrons. The minimum Gasteiger partial charge on any atom is -0.481 e. The second-order valence-corrected chi connectivity index (χ2v) is 3.79. The molecule has 0 aromatic carbocycles. The van der Waals surface area contributed by atoms with Gasteiger partial charge in [0.1, 0.15) is 0 Å². The number of pyridine rings is 1. The summed E-state index contributed by atoms with van der Waals surface area (Å²) >= 11 is 3.46. The second kappa shape index (κ2) is 4.61. The van der Waals surface area contributed by atoms with Crippen LogP contribution >= 0.6 is 15.9 Å². The van der Waals surface area contributed by atoms with Gasteiger partial charge in [-0.2, -0.15) is 0 Å². The van der Waals surface area contributed by atoms with E-state index in [0.29, 0.717) is 11.8 Å². The maximum Gasteiger partial charge on any atom is 0.213 e. The number of hydrogen-bond donors (Lipinski definition) is 0. The molecule has 0 spiro atoms.